The molecule has 2 aliphatic carbocycles. The van der Waals surface area contributed by atoms with Gasteiger partial charge in [-0.1, -0.05) is 26.8 Å². The van der Waals surface area contributed by atoms with Crippen LogP contribution in [0.25, 0.3) is 0 Å². The lowest BCUT2D eigenvalue weighted by molar-refractivity contribution is 0.193. The monoisotopic (exact) mass is 288 g/mol. The molecule has 1 aromatic heterocycles. The summed E-state index contributed by atoms with van der Waals surface area (Å²) in [6.07, 6.45) is 8.58. The molecule has 0 spiro atoms. The maximum atomic E-state index is 5.15. The lowest BCUT2D eigenvalue weighted by Crippen LogP contribution is -2.32. The van der Waals surface area contributed by atoms with Gasteiger partial charge < -0.3 is 0 Å². The second kappa shape index (κ2) is 4.80. The molecule has 2 saturated carbocycles. The van der Waals surface area contributed by atoms with Crippen LogP contribution in [0.5, 0.6) is 0 Å². The van der Waals surface area contributed by atoms with Gasteiger partial charge in [0.25, 0.3) is 0 Å². The number of aliphatic imine (C=N–C) groups is 1. The Morgan fingerprint density at radius 2 is 2.35 bits per heavy atom. The number of rotatable bonds is 4. The largest absolute Gasteiger partial charge is 0.283 e. The van der Waals surface area contributed by atoms with Gasteiger partial charge in [0.2, 0.25) is 0 Å². The Hall–Kier alpha value is -0.960. The topological polar surface area (TPSA) is 25.2 Å². The van der Waals surface area contributed by atoms with Gasteiger partial charge in [-0.05, 0) is 37.0 Å². The van der Waals surface area contributed by atoms with E-state index in [0.717, 1.165) is 17.3 Å². The highest BCUT2D eigenvalue weighted by Gasteiger charge is 2.59. The summed E-state index contributed by atoms with van der Waals surface area (Å²) in [6, 6.07) is 0.175. The molecule has 108 valence electrons. The van der Waals surface area contributed by atoms with Crippen LogP contribution in [0.3, 0.4) is 0 Å². The van der Waals surface area contributed by atoms with Crippen molar-refractivity contribution in [3.05, 3.63) is 29.2 Å². The fraction of sp³-hybridized carbons (Fsp3) is 0.647. The first kappa shape index (κ1) is 14.0. The Labute approximate surface area is 126 Å². The van der Waals surface area contributed by atoms with E-state index < -0.39 is 0 Å². The van der Waals surface area contributed by atoms with Gasteiger partial charge in [-0.2, -0.15) is 0 Å². The minimum atomic E-state index is 0.175. The van der Waals surface area contributed by atoms with Crippen LogP contribution in [0.15, 0.2) is 29.2 Å². The van der Waals surface area contributed by atoms with Crippen molar-refractivity contribution in [3.8, 4) is 0 Å². The van der Waals surface area contributed by atoms with Crippen LogP contribution in [-0.4, -0.2) is 10.7 Å². The Kier molecular flexibility index (Phi) is 3.36. The fourth-order valence-corrected chi connectivity index (χ4v) is 4.77. The third-order valence-corrected chi connectivity index (χ3v) is 6.83. The van der Waals surface area contributed by atoms with Crippen LogP contribution in [0, 0.1) is 16.7 Å². The Morgan fingerprint density at radius 1 is 1.55 bits per heavy atom. The van der Waals surface area contributed by atoms with Gasteiger partial charge >= 0.3 is 0 Å². The molecule has 0 radical (unpaired) electrons. The van der Waals surface area contributed by atoms with Gasteiger partial charge in [0.15, 0.2) is 0 Å². The van der Waals surface area contributed by atoms with Crippen molar-refractivity contribution >= 4 is 17.0 Å². The van der Waals surface area contributed by atoms with Crippen molar-refractivity contribution in [2.75, 3.05) is 0 Å². The van der Waals surface area contributed by atoms with Crippen molar-refractivity contribution in [1.29, 1.82) is 0 Å². The van der Waals surface area contributed by atoms with E-state index in [2.05, 4.69) is 32.3 Å². The molecule has 0 amide bonds. The molecule has 0 saturated heterocycles. The van der Waals surface area contributed by atoms with Crippen LogP contribution in [-0.2, 0) is 0 Å². The fourth-order valence-electron chi connectivity index (χ4n) is 4.08. The van der Waals surface area contributed by atoms with Gasteiger partial charge in [-0.3, -0.25) is 4.99 Å². The van der Waals surface area contributed by atoms with Crippen molar-refractivity contribution in [2.24, 2.45) is 21.7 Å². The minimum absolute atomic E-state index is 0.175. The summed E-state index contributed by atoms with van der Waals surface area (Å²) < 4.78 is 0. The number of nitrogens with zero attached hydrogens (tertiary/aromatic N) is 2. The summed E-state index contributed by atoms with van der Waals surface area (Å²) in [7, 11) is 0. The zero-order valence-corrected chi connectivity index (χ0v) is 13.5. The highest BCUT2D eigenvalue weighted by Crippen LogP contribution is 2.64. The average Bonchev–Trinajstić information content (AvgIpc) is 3.04. The number of thiazole rings is 1. The molecular weight excluding hydrogens is 264 g/mol. The standard InChI is InChI=1S/C17H24N2S/c1-5-6-13(15-18-9-10-20-15)19-14-11-12-7-8-17(14,4)16(12,2)3/h5,9-10,12-13H,1,6-8,11H2,2-4H3/t12-,13-,17+/m1/s1. The predicted octanol–water partition coefficient (Wildman–Crippen LogP) is 5.05. The molecule has 1 aromatic rings. The number of hydrogen-bond donors (Lipinski definition) is 0. The molecule has 2 aliphatic rings. The molecule has 2 bridgehead atoms. The Morgan fingerprint density at radius 3 is 2.85 bits per heavy atom. The maximum absolute atomic E-state index is 5.15. The second-order valence-corrected chi connectivity index (χ2v) is 7.91. The minimum Gasteiger partial charge on any atom is -0.283 e. The molecule has 3 heteroatoms. The summed E-state index contributed by atoms with van der Waals surface area (Å²) in [5.41, 5.74) is 2.11. The van der Waals surface area contributed by atoms with Crippen molar-refractivity contribution in [3.63, 3.8) is 0 Å². The third kappa shape index (κ3) is 1.90. The number of fused-ring (bicyclic) bond motifs is 2. The average molecular weight is 288 g/mol. The van der Waals surface area contributed by atoms with Gasteiger partial charge in [0.1, 0.15) is 11.0 Å². The molecule has 3 rings (SSSR count). The van der Waals surface area contributed by atoms with E-state index in [1.807, 2.05) is 17.7 Å². The SMILES string of the molecule is C=CC[C@@H](N=C1C[C@H]2CC[C@]1(C)C2(C)C)c1nccs1. The summed E-state index contributed by atoms with van der Waals surface area (Å²) in [4.78, 5) is 9.61. The van der Waals surface area contributed by atoms with E-state index in [-0.39, 0.29) is 11.5 Å². The van der Waals surface area contributed by atoms with Crippen molar-refractivity contribution < 1.29 is 0 Å². The molecule has 2 fully saturated rings. The molecule has 0 aliphatic heterocycles. The lowest BCUT2D eigenvalue weighted by Gasteiger charge is -2.35. The van der Waals surface area contributed by atoms with E-state index in [1.165, 1.54) is 25.0 Å². The summed E-state index contributed by atoms with van der Waals surface area (Å²) >= 11 is 1.71. The smallest absolute Gasteiger partial charge is 0.117 e. The third-order valence-electron chi connectivity index (χ3n) is 5.95. The van der Waals surface area contributed by atoms with E-state index >= 15 is 0 Å². The van der Waals surface area contributed by atoms with Crippen LogP contribution < -0.4 is 0 Å². The first-order valence-corrected chi connectivity index (χ1v) is 8.44. The van der Waals surface area contributed by atoms with Gasteiger partial charge in [0.05, 0.1) is 0 Å². The normalized spacial score (nSPS) is 34.5. The highest BCUT2D eigenvalue weighted by atomic mass is 32.1. The summed E-state index contributed by atoms with van der Waals surface area (Å²) in [6.45, 7) is 11.2. The highest BCUT2D eigenvalue weighted by molar-refractivity contribution is 7.09. The van der Waals surface area contributed by atoms with E-state index in [0.29, 0.717) is 5.41 Å². The van der Waals surface area contributed by atoms with Crippen molar-refractivity contribution in [2.45, 2.75) is 52.5 Å². The Balaban J connectivity index is 1.94. The van der Waals surface area contributed by atoms with Crippen LogP contribution in [0.2, 0.25) is 0 Å². The zero-order valence-electron chi connectivity index (χ0n) is 12.7. The molecule has 2 nitrogen and oxygen atoms in total. The van der Waals surface area contributed by atoms with Gasteiger partial charge in [-0.15, -0.1) is 17.9 Å². The molecule has 20 heavy (non-hydrogen) atoms. The number of aromatic nitrogens is 1. The predicted molar refractivity (Wildman–Crippen MR) is 86.3 cm³/mol. The molecule has 0 unspecified atom stereocenters. The van der Waals surface area contributed by atoms with Crippen LogP contribution in [0.1, 0.15) is 57.5 Å². The van der Waals surface area contributed by atoms with Gasteiger partial charge in [0, 0.05) is 22.7 Å². The van der Waals surface area contributed by atoms with E-state index in [1.54, 1.807) is 11.3 Å². The molecule has 1 heterocycles. The van der Waals surface area contributed by atoms with Crippen molar-refractivity contribution in [1.82, 2.24) is 4.98 Å². The molecular formula is C17H24N2S. The first-order chi connectivity index (χ1) is 9.49. The number of hydrogen-bond acceptors (Lipinski definition) is 3. The molecule has 0 aromatic carbocycles. The first-order valence-electron chi connectivity index (χ1n) is 7.56. The van der Waals surface area contributed by atoms with Crippen LogP contribution >= 0.6 is 11.3 Å². The van der Waals surface area contributed by atoms with E-state index in [9.17, 15) is 0 Å². The van der Waals surface area contributed by atoms with Gasteiger partial charge in [-0.25, -0.2) is 4.98 Å². The zero-order chi connectivity index (χ0) is 14.4. The van der Waals surface area contributed by atoms with Crippen LogP contribution in [0.4, 0.5) is 0 Å². The Bertz CT molecular complexity index is 529. The molecule has 3 atom stereocenters. The quantitative estimate of drug-likeness (QED) is 0.712. The lowest BCUT2D eigenvalue weighted by atomic mass is 9.70. The summed E-state index contributed by atoms with van der Waals surface area (Å²) in [5.74, 6) is 0.812. The van der Waals surface area contributed by atoms with E-state index in [4.69, 9.17) is 4.99 Å². The second-order valence-electron chi connectivity index (χ2n) is 6.98. The molecule has 0 N–H and O–H groups in total. The maximum Gasteiger partial charge on any atom is 0.117 e. The summed E-state index contributed by atoms with van der Waals surface area (Å²) in [5, 5.41) is 3.17.